The lowest BCUT2D eigenvalue weighted by atomic mass is 9.82. The van der Waals surface area contributed by atoms with Crippen LogP contribution >= 0.6 is 0 Å². The molecule has 1 heterocycles. The van der Waals surface area contributed by atoms with E-state index in [0.717, 1.165) is 38.9 Å². The lowest BCUT2D eigenvalue weighted by Crippen LogP contribution is -2.28. The third-order valence-corrected chi connectivity index (χ3v) is 5.09. The van der Waals surface area contributed by atoms with E-state index in [1.54, 1.807) is 0 Å². The minimum atomic E-state index is -0.296. The van der Waals surface area contributed by atoms with Crippen molar-refractivity contribution >= 4 is 5.97 Å². The second kappa shape index (κ2) is 4.20. The highest BCUT2D eigenvalue weighted by Gasteiger charge is 2.58. The standard InChI is InChI=1S/C14H22O4/c1-13-7-10(6-12(15)16-2)5-11(13)8-14(9-13)17-3-4-18-14/h10-11H,3-9H2,1-2H3/t10?,11?,13-/m0/s1. The Kier molecular flexibility index (Phi) is 2.90. The zero-order valence-corrected chi connectivity index (χ0v) is 11.2. The summed E-state index contributed by atoms with van der Waals surface area (Å²) < 4.78 is 16.4. The van der Waals surface area contributed by atoms with Crippen LogP contribution in [-0.4, -0.2) is 32.1 Å². The Morgan fingerprint density at radius 2 is 2.06 bits per heavy atom. The summed E-state index contributed by atoms with van der Waals surface area (Å²) in [6.45, 7) is 3.79. The molecule has 4 nitrogen and oxygen atoms in total. The van der Waals surface area contributed by atoms with Crippen LogP contribution in [0.15, 0.2) is 0 Å². The summed E-state index contributed by atoms with van der Waals surface area (Å²) in [6, 6.07) is 0. The van der Waals surface area contributed by atoms with Gasteiger partial charge in [0.2, 0.25) is 0 Å². The van der Waals surface area contributed by atoms with Crippen LogP contribution in [0.5, 0.6) is 0 Å². The molecule has 3 fully saturated rings. The number of ether oxygens (including phenoxy) is 3. The molecule has 3 atom stereocenters. The molecule has 2 aliphatic carbocycles. The Hall–Kier alpha value is -0.610. The van der Waals surface area contributed by atoms with E-state index in [4.69, 9.17) is 14.2 Å². The van der Waals surface area contributed by atoms with E-state index in [9.17, 15) is 4.79 Å². The van der Waals surface area contributed by atoms with Gasteiger partial charge in [0, 0.05) is 19.3 Å². The number of rotatable bonds is 2. The van der Waals surface area contributed by atoms with Gasteiger partial charge < -0.3 is 14.2 Å². The van der Waals surface area contributed by atoms with Gasteiger partial charge in [-0.3, -0.25) is 4.79 Å². The first-order valence-electron chi connectivity index (χ1n) is 6.90. The van der Waals surface area contributed by atoms with Crippen molar-refractivity contribution in [3.8, 4) is 0 Å². The molecular weight excluding hydrogens is 232 g/mol. The number of carbonyl (C=O) groups is 1. The molecular formula is C14H22O4. The van der Waals surface area contributed by atoms with Crippen LogP contribution < -0.4 is 0 Å². The molecule has 102 valence electrons. The monoisotopic (exact) mass is 254 g/mol. The minimum Gasteiger partial charge on any atom is -0.469 e. The Labute approximate surface area is 108 Å². The van der Waals surface area contributed by atoms with Gasteiger partial charge in [-0.05, 0) is 30.1 Å². The van der Waals surface area contributed by atoms with Gasteiger partial charge in [-0.15, -0.1) is 0 Å². The third kappa shape index (κ3) is 1.95. The Balaban J connectivity index is 1.65. The summed E-state index contributed by atoms with van der Waals surface area (Å²) in [5, 5.41) is 0. The van der Waals surface area contributed by atoms with Crippen LogP contribution in [0, 0.1) is 17.3 Å². The Morgan fingerprint density at radius 3 is 2.67 bits per heavy atom. The summed E-state index contributed by atoms with van der Waals surface area (Å²) in [6.07, 6.45) is 4.77. The number of fused-ring (bicyclic) bond motifs is 1. The fraction of sp³-hybridized carbons (Fsp3) is 0.929. The molecule has 0 N–H and O–H groups in total. The zero-order valence-electron chi connectivity index (χ0n) is 11.2. The highest BCUT2D eigenvalue weighted by molar-refractivity contribution is 5.69. The lowest BCUT2D eigenvalue weighted by Gasteiger charge is -2.27. The van der Waals surface area contributed by atoms with E-state index in [1.807, 2.05) is 0 Å². The number of carbonyl (C=O) groups excluding carboxylic acids is 1. The molecule has 0 radical (unpaired) electrons. The fourth-order valence-corrected chi connectivity index (χ4v) is 4.40. The summed E-state index contributed by atoms with van der Waals surface area (Å²) >= 11 is 0. The largest absolute Gasteiger partial charge is 0.469 e. The molecule has 2 unspecified atom stereocenters. The molecule has 3 rings (SSSR count). The van der Waals surface area contributed by atoms with Crippen molar-refractivity contribution < 1.29 is 19.0 Å². The van der Waals surface area contributed by atoms with E-state index in [0.29, 0.717) is 18.3 Å². The van der Waals surface area contributed by atoms with E-state index >= 15 is 0 Å². The molecule has 0 aromatic rings. The van der Waals surface area contributed by atoms with Crippen molar-refractivity contribution in [2.24, 2.45) is 17.3 Å². The Bertz CT molecular complexity index is 348. The van der Waals surface area contributed by atoms with Crippen LogP contribution in [0.3, 0.4) is 0 Å². The maximum absolute atomic E-state index is 11.4. The van der Waals surface area contributed by atoms with E-state index in [2.05, 4.69) is 6.92 Å². The minimum absolute atomic E-state index is 0.0772. The molecule has 0 bridgehead atoms. The maximum Gasteiger partial charge on any atom is 0.305 e. The van der Waals surface area contributed by atoms with Gasteiger partial charge in [-0.1, -0.05) is 6.92 Å². The smallest absolute Gasteiger partial charge is 0.305 e. The quantitative estimate of drug-likeness (QED) is 0.708. The average molecular weight is 254 g/mol. The van der Waals surface area contributed by atoms with Crippen LogP contribution in [0.25, 0.3) is 0 Å². The molecule has 18 heavy (non-hydrogen) atoms. The molecule has 3 aliphatic rings. The van der Waals surface area contributed by atoms with Crippen molar-refractivity contribution in [3.63, 3.8) is 0 Å². The molecule has 0 aromatic carbocycles. The average Bonchev–Trinajstić information content (AvgIpc) is 2.92. The molecule has 0 aromatic heterocycles. The van der Waals surface area contributed by atoms with Crippen molar-refractivity contribution in [2.45, 2.75) is 44.8 Å². The SMILES string of the molecule is COC(=O)CC1CC2CC3(C[C@]2(C)C1)OCCO3. The first kappa shape index (κ1) is 12.4. The van der Waals surface area contributed by atoms with Gasteiger partial charge in [0.05, 0.1) is 20.3 Å². The van der Waals surface area contributed by atoms with Gasteiger partial charge in [0.15, 0.2) is 5.79 Å². The van der Waals surface area contributed by atoms with Gasteiger partial charge in [0.25, 0.3) is 0 Å². The summed E-state index contributed by atoms with van der Waals surface area (Å²) in [5.74, 6) is 0.735. The summed E-state index contributed by atoms with van der Waals surface area (Å²) in [4.78, 5) is 11.4. The highest BCUT2D eigenvalue weighted by Crippen LogP contribution is 2.61. The van der Waals surface area contributed by atoms with E-state index in [1.165, 1.54) is 7.11 Å². The predicted octanol–water partition coefficient (Wildman–Crippen LogP) is 2.12. The van der Waals surface area contributed by atoms with Gasteiger partial charge in [-0.25, -0.2) is 0 Å². The number of hydrogen-bond donors (Lipinski definition) is 0. The van der Waals surface area contributed by atoms with E-state index < -0.39 is 0 Å². The molecule has 1 saturated heterocycles. The van der Waals surface area contributed by atoms with Crippen molar-refractivity contribution in [3.05, 3.63) is 0 Å². The van der Waals surface area contributed by atoms with Crippen molar-refractivity contribution in [2.75, 3.05) is 20.3 Å². The van der Waals surface area contributed by atoms with Crippen molar-refractivity contribution in [1.82, 2.24) is 0 Å². The van der Waals surface area contributed by atoms with Crippen LogP contribution in [0.2, 0.25) is 0 Å². The predicted molar refractivity (Wildman–Crippen MR) is 64.8 cm³/mol. The Morgan fingerprint density at radius 1 is 1.33 bits per heavy atom. The molecule has 1 spiro atoms. The van der Waals surface area contributed by atoms with E-state index in [-0.39, 0.29) is 17.2 Å². The molecule has 0 amide bonds. The molecule has 1 aliphatic heterocycles. The third-order valence-electron chi connectivity index (χ3n) is 5.09. The summed E-state index contributed by atoms with van der Waals surface area (Å²) in [5.41, 5.74) is 0.281. The first-order valence-corrected chi connectivity index (χ1v) is 6.90. The maximum atomic E-state index is 11.4. The first-order chi connectivity index (χ1) is 8.55. The second-order valence-electron chi connectivity index (χ2n) is 6.43. The van der Waals surface area contributed by atoms with Gasteiger partial charge in [-0.2, -0.15) is 0 Å². The van der Waals surface area contributed by atoms with Crippen LogP contribution in [0.1, 0.15) is 39.0 Å². The lowest BCUT2D eigenvalue weighted by molar-refractivity contribution is -0.159. The van der Waals surface area contributed by atoms with Gasteiger partial charge in [0.1, 0.15) is 0 Å². The topological polar surface area (TPSA) is 44.8 Å². The number of hydrogen-bond acceptors (Lipinski definition) is 4. The highest BCUT2D eigenvalue weighted by atomic mass is 16.7. The van der Waals surface area contributed by atoms with Gasteiger partial charge >= 0.3 is 5.97 Å². The molecule has 2 saturated carbocycles. The number of methoxy groups -OCH3 is 1. The van der Waals surface area contributed by atoms with Crippen LogP contribution in [-0.2, 0) is 19.0 Å². The van der Waals surface area contributed by atoms with Crippen molar-refractivity contribution in [1.29, 1.82) is 0 Å². The molecule has 4 heteroatoms. The second-order valence-corrected chi connectivity index (χ2v) is 6.43. The zero-order chi connectivity index (χ0) is 12.8. The van der Waals surface area contributed by atoms with Crippen LogP contribution in [0.4, 0.5) is 0 Å². The fourth-order valence-electron chi connectivity index (χ4n) is 4.40. The number of esters is 1. The normalized spacial score (nSPS) is 41.2. The summed E-state index contributed by atoms with van der Waals surface area (Å²) in [7, 11) is 1.47.